The van der Waals surface area contributed by atoms with E-state index in [0.29, 0.717) is 24.7 Å². The molecule has 0 spiro atoms. The average Bonchev–Trinajstić information content (AvgIpc) is 3.25. The van der Waals surface area contributed by atoms with Gasteiger partial charge in [-0.1, -0.05) is 18.2 Å². The molecule has 0 saturated carbocycles. The number of para-hydroxylation sites is 1. The van der Waals surface area contributed by atoms with Crippen LogP contribution in [0.4, 0.5) is 11.8 Å². The molecular weight excluding hydrogens is 364 g/mol. The number of aromatic nitrogens is 4. The number of hydrogen-bond acceptors (Lipinski definition) is 7. The van der Waals surface area contributed by atoms with Crippen LogP contribution in [0.1, 0.15) is 12.0 Å². The second-order valence-corrected chi connectivity index (χ2v) is 9.07. The zero-order valence-corrected chi connectivity index (χ0v) is 15.9. The number of nitrogens with zero attached hydrogens (tertiary/aromatic N) is 4. The first-order chi connectivity index (χ1) is 13.0. The van der Waals surface area contributed by atoms with E-state index in [1.165, 1.54) is 10.9 Å². The van der Waals surface area contributed by atoms with E-state index in [1.54, 1.807) is 6.20 Å². The van der Waals surface area contributed by atoms with Crippen molar-refractivity contribution < 1.29 is 8.42 Å². The van der Waals surface area contributed by atoms with Crippen LogP contribution in [-0.2, 0) is 16.3 Å². The average molecular weight is 386 g/mol. The summed E-state index contributed by atoms with van der Waals surface area (Å²) < 4.78 is 23.4. The van der Waals surface area contributed by atoms with Crippen molar-refractivity contribution in [2.75, 3.05) is 35.3 Å². The fourth-order valence-corrected chi connectivity index (χ4v) is 5.21. The molecule has 4 rings (SSSR count). The van der Waals surface area contributed by atoms with E-state index in [2.05, 4.69) is 37.6 Å². The van der Waals surface area contributed by atoms with Gasteiger partial charge in [-0.05, 0) is 24.5 Å². The quantitative estimate of drug-likeness (QED) is 0.663. The van der Waals surface area contributed by atoms with Gasteiger partial charge in [0, 0.05) is 36.7 Å². The molecule has 2 aromatic heterocycles. The largest absolute Gasteiger partial charge is 0.368 e. The maximum atomic E-state index is 11.7. The second kappa shape index (κ2) is 7.15. The first-order valence-electron chi connectivity index (χ1n) is 8.94. The SMILES string of the molecule is CN(c1nncc(NCCc2c[nH]c3ccccc23)n1)C1CCS(=O)(=O)C1. The summed E-state index contributed by atoms with van der Waals surface area (Å²) in [4.78, 5) is 9.57. The number of H-pyrrole nitrogens is 1. The molecule has 27 heavy (non-hydrogen) atoms. The van der Waals surface area contributed by atoms with E-state index in [9.17, 15) is 8.42 Å². The minimum atomic E-state index is -2.95. The summed E-state index contributed by atoms with van der Waals surface area (Å²) in [6, 6.07) is 8.12. The number of rotatable bonds is 6. The van der Waals surface area contributed by atoms with Crippen molar-refractivity contribution in [3.8, 4) is 0 Å². The Balaban J connectivity index is 1.39. The third-order valence-electron chi connectivity index (χ3n) is 4.99. The fourth-order valence-electron chi connectivity index (χ4n) is 3.44. The van der Waals surface area contributed by atoms with Crippen LogP contribution in [0.3, 0.4) is 0 Å². The van der Waals surface area contributed by atoms with Crippen molar-refractivity contribution in [3.05, 3.63) is 42.2 Å². The van der Waals surface area contributed by atoms with Crippen LogP contribution in [-0.4, -0.2) is 59.7 Å². The second-order valence-electron chi connectivity index (χ2n) is 6.85. The molecule has 8 nitrogen and oxygen atoms in total. The van der Waals surface area contributed by atoms with Crippen LogP contribution in [0, 0.1) is 0 Å². The Kier molecular flexibility index (Phi) is 4.69. The number of fused-ring (bicyclic) bond motifs is 1. The van der Waals surface area contributed by atoms with Crippen LogP contribution in [0.5, 0.6) is 0 Å². The summed E-state index contributed by atoms with van der Waals surface area (Å²) in [5.74, 6) is 1.44. The molecule has 1 atom stereocenters. The molecule has 0 bridgehead atoms. The van der Waals surface area contributed by atoms with Crippen molar-refractivity contribution in [2.45, 2.75) is 18.9 Å². The van der Waals surface area contributed by atoms with Gasteiger partial charge in [0.15, 0.2) is 15.7 Å². The highest BCUT2D eigenvalue weighted by molar-refractivity contribution is 7.91. The van der Waals surface area contributed by atoms with Crippen molar-refractivity contribution in [1.82, 2.24) is 20.2 Å². The summed E-state index contributed by atoms with van der Waals surface area (Å²) in [5.41, 5.74) is 2.38. The van der Waals surface area contributed by atoms with Gasteiger partial charge in [0.25, 0.3) is 0 Å². The van der Waals surface area contributed by atoms with E-state index in [1.807, 2.05) is 30.3 Å². The number of aromatic amines is 1. The number of hydrogen-bond donors (Lipinski definition) is 2. The predicted molar refractivity (Wildman–Crippen MR) is 106 cm³/mol. The highest BCUT2D eigenvalue weighted by Crippen LogP contribution is 2.21. The Labute approximate surface area is 157 Å². The van der Waals surface area contributed by atoms with Gasteiger partial charge in [0.2, 0.25) is 5.95 Å². The van der Waals surface area contributed by atoms with Crippen LogP contribution >= 0.6 is 0 Å². The Morgan fingerprint density at radius 2 is 2.19 bits per heavy atom. The van der Waals surface area contributed by atoms with Gasteiger partial charge in [-0.25, -0.2) is 8.42 Å². The Morgan fingerprint density at radius 3 is 3.00 bits per heavy atom. The topological polar surface area (TPSA) is 104 Å². The molecule has 0 radical (unpaired) electrons. The molecule has 1 aliphatic heterocycles. The predicted octanol–water partition coefficient (Wildman–Crippen LogP) is 1.63. The lowest BCUT2D eigenvalue weighted by atomic mass is 10.1. The third kappa shape index (κ3) is 3.87. The molecule has 142 valence electrons. The summed E-state index contributed by atoms with van der Waals surface area (Å²) in [6.45, 7) is 0.710. The molecule has 3 aromatic rings. The molecule has 1 unspecified atom stereocenters. The van der Waals surface area contributed by atoms with Gasteiger partial charge < -0.3 is 15.2 Å². The van der Waals surface area contributed by atoms with Crippen molar-refractivity contribution >= 4 is 32.5 Å². The monoisotopic (exact) mass is 386 g/mol. The Morgan fingerprint density at radius 1 is 1.33 bits per heavy atom. The van der Waals surface area contributed by atoms with Gasteiger partial charge in [0.05, 0.1) is 17.7 Å². The Bertz CT molecular complexity index is 1050. The molecule has 2 N–H and O–H groups in total. The lowest BCUT2D eigenvalue weighted by Crippen LogP contribution is -2.34. The van der Waals surface area contributed by atoms with Crippen molar-refractivity contribution in [3.63, 3.8) is 0 Å². The summed E-state index contributed by atoms with van der Waals surface area (Å²) in [5, 5.41) is 12.6. The van der Waals surface area contributed by atoms with Crippen molar-refractivity contribution in [2.24, 2.45) is 0 Å². The van der Waals surface area contributed by atoms with Crippen LogP contribution in [0.15, 0.2) is 36.7 Å². The normalized spacial score (nSPS) is 18.6. The summed E-state index contributed by atoms with van der Waals surface area (Å²) >= 11 is 0. The van der Waals surface area contributed by atoms with E-state index < -0.39 is 9.84 Å². The van der Waals surface area contributed by atoms with Crippen LogP contribution in [0.25, 0.3) is 10.9 Å². The van der Waals surface area contributed by atoms with Gasteiger partial charge in [-0.15, -0.1) is 5.10 Å². The molecule has 1 saturated heterocycles. The number of nitrogens with one attached hydrogen (secondary N) is 2. The van der Waals surface area contributed by atoms with Crippen LogP contribution < -0.4 is 10.2 Å². The first kappa shape index (κ1) is 17.7. The number of anilines is 2. The van der Waals surface area contributed by atoms with Crippen molar-refractivity contribution in [1.29, 1.82) is 0 Å². The first-order valence-corrected chi connectivity index (χ1v) is 10.8. The lowest BCUT2D eigenvalue weighted by molar-refractivity contribution is 0.600. The van der Waals surface area contributed by atoms with E-state index in [4.69, 9.17) is 0 Å². The zero-order valence-electron chi connectivity index (χ0n) is 15.1. The molecule has 0 amide bonds. The molecular formula is C18H22N6O2S. The lowest BCUT2D eigenvalue weighted by Gasteiger charge is -2.22. The molecule has 1 fully saturated rings. The number of benzene rings is 1. The summed E-state index contributed by atoms with van der Waals surface area (Å²) in [7, 11) is -1.13. The summed E-state index contributed by atoms with van der Waals surface area (Å²) in [6.07, 6.45) is 5.06. The van der Waals surface area contributed by atoms with E-state index in [0.717, 1.165) is 11.9 Å². The maximum Gasteiger partial charge on any atom is 0.247 e. The zero-order chi connectivity index (χ0) is 18.9. The van der Waals surface area contributed by atoms with Gasteiger partial charge >= 0.3 is 0 Å². The van der Waals surface area contributed by atoms with Crippen LogP contribution in [0.2, 0.25) is 0 Å². The fraction of sp³-hybridized carbons (Fsp3) is 0.389. The minimum absolute atomic E-state index is 0.0988. The van der Waals surface area contributed by atoms with Gasteiger partial charge in [-0.3, -0.25) is 0 Å². The number of sulfone groups is 1. The highest BCUT2D eigenvalue weighted by Gasteiger charge is 2.31. The van der Waals surface area contributed by atoms with E-state index in [-0.39, 0.29) is 17.5 Å². The highest BCUT2D eigenvalue weighted by atomic mass is 32.2. The molecule has 9 heteroatoms. The van der Waals surface area contributed by atoms with E-state index >= 15 is 0 Å². The standard InChI is InChI=1S/C18H22N6O2S/c1-24(14-7-9-27(25,26)12-14)18-22-17(11-21-23-18)19-8-6-13-10-20-16-5-3-2-4-15(13)16/h2-5,10-11,14,20H,6-9,12H2,1H3,(H,19,22,23). The third-order valence-corrected chi connectivity index (χ3v) is 6.74. The Hall–Kier alpha value is -2.68. The van der Waals surface area contributed by atoms with Gasteiger partial charge in [-0.2, -0.15) is 10.1 Å². The minimum Gasteiger partial charge on any atom is -0.368 e. The molecule has 1 aromatic carbocycles. The molecule has 3 heterocycles. The smallest absolute Gasteiger partial charge is 0.247 e. The molecule has 1 aliphatic rings. The maximum absolute atomic E-state index is 11.7. The molecule has 0 aliphatic carbocycles. The van der Waals surface area contributed by atoms with Gasteiger partial charge in [0.1, 0.15) is 0 Å².